The van der Waals surface area contributed by atoms with Crippen molar-refractivity contribution in [1.29, 1.82) is 5.26 Å². The van der Waals surface area contributed by atoms with Gasteiger partial charge in [-0.05, 0) is 96.1 Å². The Labute approximate surface area is 255 Å². The SMILES string of the molecule is CC(=O)C(C)(C)c1cccc(-c2ccc(CN(Cc3ccc(C(F)(F)F)o3)Cc3c(C)ccc4ccc(C#N)cc34)cc2)c1. The van der Waals surface area contributed by atoms with Gasteiger partial charge in [-0.15, -0.1) is 0 Å². The number of furan rings is 1. The maximum Gasteiger partial charge on any atom is 0.449 e. The predicted octanol–water partition coefficient (Wildman–Crippen LogP) is 9.37. The molecule has 5 aromatic rings. The molecule has 0 saturated heterocycles. The third-order valence-electron chi connectivity index (χ3n) is 8.36. The molecule has 0 atom stereocenters. The molecule has 0 fully saturated rings. The molecule has 4 aromatic carbocycles. The Bertz CT molecular complexity index is 1860. The fourth-order valence-electron chi connectivity index (χ4n) is 5.35. The second kappa shape index (κ2) is 12.1. The molecule has 5 rings (SSSR count). The normalized spacial score (nSPS) is 12.1. The summed E-state index contributed by atoms with van der Waals surface area (Å²) in [5.41, 5.74) is 5.89. The molecule has 224 valence electrons. The Morgan fingerprint density at radius 1 is 0.864 bits per heavy atom. The lowest BCUT2D eigenvalue weighted by molar-refractivity contribution is -0.153. The van der Waals surface area contributed by atoms with E-state index in [9.17, 15) is 23.2 Å². The summed E-state index contributed by atoms with van der Waals surface area (Å²) in [7, 11) is 0. The number of benzene rings is 4. The molecule has 1 heterocycles. The Morgan fingerprint density at radius 2 is 1.59 bits per heavy atom. The number of nitrogens with zero attached hydrogens (tertiary/aromatic N) is 2. The Hall–Kier alpha value is -4.67. The lowest BCUT2D eigenvalue weighted by Gasteiger charge is -2.24. The second-order valence-electron chi connectivity index (χ2n) is 11.8. The summed E-state index contributed by atoms with van der Waals surface area (Å²) in [5.74, 6) is -0.712. The predicted molar refractivity (Wildman–Crippen MR) is 166 cm³/mol. The number of hydrogen-bond donors (Lipinski definition) is 0. The molecular formula is C37H33F3N2O2. The molecule has 0 bridgehead atoms. The minimum atomic E-state index is -4.56. The zero-order valence-electron chi connectivity index (χ0n) is 25.1. The summed E-state index contributed by atoms with van der Waals surface area (Å²) >= 11 is 0. The first-order valence-corrected chi connectivity index (χ1v) is 14.4. The molecular weight excluding hydrogens is 561 g/mol. The van der Waals surface area contributed by atoms with Crippen molar-refractivity contribution < 1.29 is 22.4 Å². The third-order valence-corrected chi connectivity index (χ3v) is 8.36. The number of alkyl halides is 3. The number of hydrogen-bond acceptors (Lipinski definition) is 4. The highest BCUT2D eigenvalue weighted by Crippen LogP contribution is 2.33. The number of nitriles is 1. The van der Waals surface area contributed by atoms with Gasteiger partial charge in [0.25, 0.3) is 0 Å². The fraction of sp³-hybridized carbons (Fsp3) is 0.243. The van der Waals surface area contributed by atoms with Gasteiger partial charge in [-0.1, -0.05) is 66.7 Å². The highest BCUT2D eigenvalue weighted by Gasteiger charge is 2.35. The zero-order valence-corrected chi connectivity index (χ0v) is 25.1. The number of rotatable bonds is 9. The minimum absolute atomic E-state index is 0.0919. The Kier molecular flexibility index (Phi) is 8.49. The van der Waals surface area contributed by atoms with Crippen LogP contribution in [0.1, 0.15) is 60.1 Å². The van der Waals surface area contributed by atoms with Crippen molar-refractivity contribution in [1.82, 2.24) is 4.90 Å². The number of carbonyl (C=O) groups excluding carboxylic acids is 1. The molecule has 7 heteroatoms. The van der Waals surface area contributed by atoms with Crippen molar-refractivity contribution >= 4 is 16.6 Å². The molecule has 0 amide bonds. The van der Waals surface area contributed by atoms with Crippen LogP contribution in [0, 0.1) is 18.3 Å². The highest BCUT2D eigenvalue weighted by atomic mass is 19.4. The maximum atomic E-state index is 13.3. The van der Waals surface area contributed by atoms with Gasteiger partial charge in [0.1, 0.15) is 11.5 Å². The lowest BCUT2D eigenvalue weighted by Crippen LogP contribution is -2.26. The Balaban J connectivity index is 1.46. The van der Waals surface area contributed by atoms with Crippen molar-refractivity contribution in [3.8, 4) is 17.2 Å². The first-order chi connectivity index (χ1) is 20.8. The largest absolute Gasteiger partial charge is 0.455 e. The van der Waals surface area contributed by atoms with E-state index in [0.717, 1.165) is 50.2 Å². The first kappa shape index (κ1) is 30.8. The first-order valence-electron chi connectivity index (χ1n) is 14.4. The number of ketones is 1. The summed E-state index contributed by atoms with van der Waals surface area (Å²) < 4.78 is 45.1. The van der Waals surface area contributed by atoms with E-state index in [2.05, 4.69) is 6.07 Å². The summed E-state index contributed by atoms with van der Waals surface area (Å²) in [6.07, 6.45) is -4.56. The number of Topliss-reactive ketones (excluding diaryl/α,β-unsaturated/α-hetero) is 1. The van der Waals surface area contributed by atoms with E-state index in [1.165, 1.54) is 6.07 Å². The van der Waals surface area contributed by atoms with Crippen LogP contribution in [-0.4, -0.2) is 10.7 Å². The summed E-state index contributed by atoms with van der Waals surface area (Å²) in [5, 5.41) is 11.4. The van der Waals surface area contributed by atoms with Crippen molar-refractivity contribution in [2.45, 2.75) is 58.9 Å². The van der Waals surface area contributed by atoms with Crippen LogP contribution >= 0.6 is 0 Å². The summed E-state index contributed by atoms with van der Waals surface area (Å²) in [4.78, 5) is 14.3. The van der Waals surface area contributed by atoms with Crippen LogP contribution in [0.5, 0.6) is 0 Å². The van der Waals surface area contributed by atoms with Gasteiger partial charge >= 0.3 is 6.18 Å². The standard InChI is InChI=1S/C37H33F3N2O2/c1-24-8-12-29-15-11-27(20-41)18-33(29)34(24)23-42(22-32-16-17-35(44-32)37(38,39)40)21-26-9-13-28(14-10-26)30-6-5-7-31(19-30)36(3,4)25(2)43/h5-19H,21-23H2,1-4H3. The summed E-state index contributed by atoms with van der Waals surface area (Å²) in [6, 6.07) is 30.1. The topological polar surface area (TPSA) is 57.2 Å². The minimum Gasteiger partial charge on any atom is -0.455 e. The van der Waals surface area contributed by atoms with Crippen molar-refractivity contribution in [3.05, 3.63) is 130 Å². The van der Waals surface area contributed by atoms with Gasteiger partial charge in [0.05, 0.1) is 18.2 Å². The summed E-state index contributed by atoms with van der Waals surface area (Å²) in [6.45, 7) is 8.48. The molecule has 0 spiro atoms. The molecule has 0 aliphatic heterocycles. The lowest BCUT2D eigenvalue weighted by atomic mass is 9.80. The van der Waals surface area contributed by atoms with Gasteiger partial charge < -0.3 is 4.42 Å². The van der Waals surface area contributed by atoms with Crippen LogP contribution in [0.25, 0.3) is 21.9 Å². The molecule has 0 aliphatic carbocycles. The number of halogens is 3. The van der Waals surface area contributed by atoms with Gasteiger partial charge in [0, 0.05) is 18.5 Å². The van der Waals surface area contributed by atoms with E-state index in [4.69, 9.17) is 4.42 Å². The fourth-order valence-corrected chi connectivity index (χ4v) is 5.35. The van der Waals surface area contributed by atoms with Crippen molar-refractivity contribution in [3.63, 3.8) is 0 Å². The van der Waals surface area contributed by atoms with E-state index in [-0.39, 0.29) is 18.1 Å². The average molecular weight is 595 g/mol. The van der Waals surface area contributed by atoms with Crippen LogP contribution in [0.3, 0.4) is 0 Å². The molecule has 0 unspecified atom stereocenters. The smallest absolute Gasteiger partial charge is 0.449 e. The molecule has 0 aliphatic rings. The van der Waals surface area contributed by atoms with Crippen LogP contribution in [0.4, 0.5) is 13.2 Å². The molecule has 1 aromatic heterocycles. The molecule has 4 nitrogen and oxygen atoms in total. The van der Waals surface area contributed by atoms with Gasteiger partial charge in [0.2, 0.25) is 5.76 Å². The number of carbonyl (C=O) groups is 1. The van der Waals surface area contributed by atoms with Crippen LogP contribution in [-0.2, 0) is 36.0 Å². The van der Waals surface area contributed by atoms with Crippen LogP contribution in [0.2, 0.25) is 0 Å². The number of aryl methyl sites for hydroxylation is 1. The maximum absolute atomic E-state index is 13.3. The van der Waals surface area contributed by atoms with Crippen LogP contribution < -0.4 is 0 Å². The van der Waals surface area contributed by atoms with Gasteiger partial charge in [-0.3, -0.25) is 9.69 Å². The van der Waals surface area contributed by atoms with E-state index in [0.29, 0.717) is 18.7 Å². The average Bonchev–Trinajstić information content (AvgIpc) is 3.48. The zero-order chi connectivity index (χ0) is 31.6. The van der Waals surface area contributed by atoms with E-state index in [1.54, 1.807) is 13.0 Å². The molecule has 0 saturated carbocycles. The quantitative estimate of drug-likeness (QED) is 0.171. The van der Waals surface area contributed by atoms with Gasteiger partial charge in [0.15, 0.2) is 0 Å². The molecule has 0 radical (unpaired) electrons. The third kappa shape index (κ3) is 6.61. The van der Waals surface area contributed by atoms with Crippen molar-refractivity contribution in [2.75, 3.05) is 0 Å². The van der Waals surface area contributed by atoms with Gasteiger partial charge in [-0.2, -0.15) is 18.4 Å². The number of fused-ring (bicyclic) bond motifs is 1. The van der Waals surface area contributed by atoms with E-state index in [1.807, 2.05) is 98.5 Å². The van der Waals surface area contributed by atoms with E-state index >= 15 is 0 Å². The van der Waals surface area contributed by atoms with E-state index < -0.39 is 17.4 Å². The van der Waals surface area contributed by atoms with Crippen LogP contribution in [0.15, 0.2) is 95.4 Å². The second-order valence-corrected chi connectivity index (χ2v) is 11.8. The Morgan fingerprint density at radius 3 is 2.25 bits per heavy atom. The molecule has 44 heavy (non-hydrogen) atoms. The monoisotopic (exact) mass is 594 g/mol. The van der Waals surface area contributed by atoms with Crippen molar-refractivity contribution in [2.24, 2.45) is 0 Å². The molecule has 0 N–H and O–H groups in total. The highest BCUT2D eigenvalue weighted by molar-refractivity contribution is 5.88. The van der Waals surface area contributed by atoms with Gasteiger partial charge in [-0.25, -0.2) is 0 Å².